The number of amides is 1. The summed E-state index contributed by atoms with van der Waals surface area (Å²) >= 11 is 0. The fourth-order valence-corrected chi connectivity index (χ4v) is 1.59. The average molecular weight is 250 g/mol. The minimum absolute atomic E-state index is 0.246. The van der Waals surface area contributed by atoms with E-state index in [1.807, 2.05) is 13.0 Å². The van der Waals surface area contributed by atoms with Gasteiger partial charge in [0.15, 0.2) is 0 Å². The number of carbonyl (C=O) groups is 1. The maximum Gasteiger partial charge on any atom is 0.223 e. The fraction of sp³-hybridized carbons (Fsp3) is 0.615. The maximum absolute atomic E-state index is 10.6. The highest BCUT2D eigenvalue weighted by atomic mass is 16.1. The third kappa shape index (κ3) is 5.12. The predicted octanol–water partition coefficient (Wildman–Crippen LogP) is 1.98. The molecule has 0 unspecified atom stereocenters. The van der Waals surface area contributed by atoms with Gasteiger partial charge in [0.1, 0.15) is 0 Å². The van der Waals surface area contributed by atoms with Crippen molar-refractivity contribution in [2.24, 2.45) is 5.73 Å². The zero-order chi connectivity index (χ0) is 13.5. The summed E-state index contributed by atoms with van der Waals surface area (Å²) in [5, 5.41) is 3.18. The van der Waals surface area contributed by atoms with Crippen LogP contribution in [-0.2, 0) is 4.79 Å². The number of carbonyl (C=O) groups excluding carboxylic acids is 1. The van der Waals surface area contributed by atoms with E-state index in [9.17, 15) is 4.79 Å². The number of nitrogens with two attached hydrogens (primary N) is 1. The molecule has 18 heavy (non-hydrogen) atoms. The van der Waals surface area contributed by atoms with E-state index >= 15 is 0 Å². The minimum atomic E-state index is -0.246. The zero-order valence-corrected chi connectivity index (χ0v) is 11.4. The SMILES string of the molecule is Cc1cc(C(C)C)nc(NCCCCC(N)=O)n1. The molecule has 3 N–H and O–H groups in total. The first kappa shape index (κ1) is 14.4. The van der Waals surface area contributed by atoms with E-state index in [1.165, 1.54) is 0 Å². The molecule has 1 rings (SSSR count). The Kier molecular flexibility index (Phi) is 5.55. The maximum atomic E-state index is 10.6. The highest BCUT2D eigenvalue weighted by Gasteiger charge is 2.05. The minimum Gasteiger partial charge on any atom is -0.370 e. The quantitative estimate of drug-likeness (QED) is 0.725. The van der Waals surface area contributed by atoms with Gasteiger partial charge in [0.25, 0.3) is 0 Å². The van der Waals surface area contributed by atoms with E-state index < -0.39 is 0 Å². The molecule has 0 aliphatic rings. The monoisotopic (exact) mass is 250 g/mol. The molecule has 0 aliphatic heterocycles. The van der Waals surface area contributed by atoms with Gasteiger partial charge >= 0.3 is 0 Å². The van der Waals surface area contributed by atoms with Gasteiger partial charge in [0, 0.05) is 24.4 Å². The van der Waals surface area contributed by atoms with Crippen molar-refractivity contribution >= 4 is 11.9 Å². The number of aromatic nitrogens is 2. The van der Waals surface area contributed by atoms with Crippen LogP contribution >= 0.6 is 0 Å². The Morgan fingerprint density at radius 1 is 1.39 bits per heavy atom. The number of primary amides is 1. The number of nitrogens with one attached hydrogen (secondary N) is 1. The van der Waals surface area contributed by atoms with Gasteiger partial charge in [-0.15, -0.1) is 0 Å². The third-order valence-electron chi connectivity index (χ3n) is 2.60. The van der Waals surface area contributed by atoms with Crippen molar-refractivity contribution in [3.05, 3.63) is 17.5 Å². The molecular formula is C13H22N4O. The van der Waals surface area contributed by atoms with Crippen LogP contribution in [0, 0.1) is 6.92 Å². The lowest BCUT2D eigenvalue weighted by Gasteiger charge is -2.09. The molecule has 0 atom stereocenters. The summed E-state index contributed by atoms with van der Waals surface area (Å²) < 4.78 is 0. The second kappa shape index (κ2) is 6.93. The van der Waals surface area contributed by atoms with Gasteiger partial charge in [-0.1, -0.05) is 13.8 Å². The van der Waals surface area contributed by atoms with Crippen molar-refractivity contribution in [3.8, 4) is 0 Å². The van der Waals surface area contributed by atoms with E-state index in [-0.39, 0.29) is 5.91 Å². The van der Waals surface area contributed by atoms with E-state index in [0.29, 0.717) is 18.3 Å². The van der Waals surface area contributed by atoms with Crippen LogP contribution in [0.25, 0.3) is 0 Å². The highest BCUT2D eigenvalue weighted by Crippen LogP contribution is 2.14. The molecule has 1 aromatic rings. The summed E-state index contributed by atoms with van der Waals surface area (Å²) in [4.78, 5) is 19.4. The molecule has 0 saturated heterocycles. The Hall–Kier alpha value is -1.65. The number of nitrogens with zero attached hydrogens (tertiary/aromatic N) is 2. The Balaban J connectivity index is 2.44. The van der Waals surface area contributed by atoms with Crippen molar-refractivity contribution in [1.29, 1.82) is 0 Å². The van der Waals surface area contributed by atoms with Crippen molar-refractivity contribution in [3.63, 3.8) is 0 Å². The van der Waals surface area contributed by atoms with E-state index in [0.717, 1.165) is 30.8 Å². The summed E-state index contributed by atoms with van der Waals surface area (Å²) in [6, 6.07) is 2.00. The molecule has 0 radical (unpaired) electrons. The number of hydrogen-bond acceptors (Lipinski definition) is 4. The van der Waals surface area contributed by atoms with Crippen LogP contribution in [0.1, 0.15) is 50.4 Å². The van der Waals surface area contributed by atoms with Gasteiger partial charge < -0.3 is 11.1 Å². The van der Waals surface area contributed by atoms with Gasteiger partial charge in [0.05, 0.1) is 0 Å². The summed E-state index contributed by atoms with van der Waals surface area (Å²) in [7, 11) is 0. The molecule has 1 amide bonds. The van der Waals surface area contributed by atoms with E-state index in [1.54, 1.807) is 0 Å². The molecule has 5 nitrogen and oxygen atoms in total. The second-order valence-corrected chi connectivity index (χ2v) is 4.76. The molecule has 1 aromatic heterocycles. The van der Waals surface area contributed by atoms with Crippen molar-refractivity contribution in [1.82, 2.24) is 9.97 Å². The van der Waals surface area contributed by atoms with Gasteiger partial charge in [-0.3, -0.25) is 4.79 Å². The van der Waals surface area contributed by atoms with Crippen molar-refractivity contribution in [2.75, 3.05) is 11.9 Å². The first-order valence-corrected chi connectivity index (χ1v) is 6.37. The predicted molar refractivity (Wildman–Crippen MR) is 72.4 cm³/mol. The summed E-state index contributed by atoms with van der Waals surface area (Å²) in [5.74, 6) is 0.809. The molecular weight excluding hydrogens is 228 g/mol. The number of hydrogen-bond donors (Lipinski definition) is 2. The normalized spacial score (nSPS) is 10.7. The fourth-order valence-electron chi connectivity index (χ4n) is 1.59. The Morgan fingerprint density at radius 2 is 2.11 bits per heavy atom. The van der Waals surface area contributed by atoms with Crippen LogP contribution in [0.3, 0.4) is 0 Å². The third-order valence-corrected chi connectivity index (χ3v) is 2.60. The number of aryl methyl sites for hydroxylation is 1. The molecule has 5 heteroatoms. The highest BCUT2D eigenvalue weighted by molar-refractivity contribution is 5.73. The second-order valence-electron chi connectivity index (χ2n) is 4.76. The van der Waals surface area contributed by atoms with Gasteiger partial charge in [0.2, 0.25) is 11.9 Å². The smallest absolute Gasteiger partial charge is 0.223 e. The topological polar surface area (TPSA) is 80.9 Å². The van der Waals surface area contributed by atoms with Crippen molar-refractivity contribution in [2.45, 2.75) is 46.0 Å². The van der Waals surface area contributed by atoms with Gasteiger partial charge in [-0.25, -0.2) is 9.97 Å². The molecule has 100 valence electrons. The zero-order valence-electron chi connectivity index (χ0n) is 11.4. The van der Waals surface area contributed by atoms with Crippen LogP contribution in [0.5, 0.6) is 0 Å². The first-order valence-electron chi connectivity index (χ1n) is 6.37. The first-order chi connectivity index (χ1) is 8.49. The van der Waals surface area contributed by atoms with Crippen LogP contribution in [-0.4, -0.2) is 22.4 Å². The number of anilines is 1. The lowest BCUT2D eigenvalue weighted by Crippen LogP contribution is -2.12. The lowest BCUT2D eigenvalue weighted by atomic mass is 10.1. The van der Waals surface area contributed by atoms with Crippen LogP contribution in [0.2, 0.25) is 0 Å². The average Bonchev–Trinajstić information content (AvgIpc) is 2.27. The van der Waals surface area contributed by atoms with Crippen molar-refractivity contribution < 1.29 is 4.79 Å². The molecule has 0 aromatic carbocycles. The number of unbranched alkanes of at least 4 members (excludes halogenated alkanes) is 1. The molecule has 0 aliphatic carbocycles. The van der Waals surface area contributed by atoms with E-state index in [4.69, 9.17) is 5.73 Å². The number of rotatable bonds is 7. The van der Waals surface area contributed by atoms with Crippen LogP contribution in [0.4, 0.5) is 5.95 Å². The Bertz CT molecular complexity index is 404. The molecule has 0 spiro atoms. The summed E-state index contributed by atoms with van der Waals surface area (Å²) in [5.41, 5.74) is 7.08. The molecule has 0 fully saturated rings. The molecule has 1 heterocycles. The largest absolute Gasteiger partial charge is 0.370 e. The standard InChI is InChI=1S/C13H22N4O/c1-9(2)11-8-10(3)16-13(17-11)15-7-5-4-6-12(14)18/h8-9H,4-7H2,1-3H3,(H2,14,18)(H,15,16,17). The summed E-state index contributed by atoms with van der Waals surface area (Å²) in [6.45, 7) is 6.94. The van der Waals surface area contributed by atoms with Crippen LogP contribution < -0.4 is 11.1 Å². The Morgan fingerprint density at radius 3 is 2.72 bits per heavy atom. The Labute approximate surface area is 108 Å². The lowest BCUT2D eigenvalue weighted by molar-refractivity contribution is -0.118. The molecule has 0 saturated carbocycles. The van der Waals surface area contributed by atoms with Gasteiger partial charge in [-0.2, -0.15) is 0 Å². The van der Waals surface area contributed by atoms with E-state index in [2.05, 4.69) is 29.1 Å². The van der Waals surface area contributed by atoms with Gasteiger partial charge in [-0.05, 0) is 31.7 Å². The summed E-state index contributed by atoms with van der Waals surface area (Å²) in [6.07, 6.45) is 2.12. The molecule has 0 bridgehead atoms. The van der Waals surface area contributed by atoms with Crippen LogP contribution in [0.15, 0.2) is 6.07 Å².